The normalized spacial score (nSPS) is 14.2. The topological polar surface area (TPSA) is 29.9 Å². The predicted octanol–water partition coefficient (Wildman–Crippen LogP) is 1.78. The van der Waals surface area contributed by atoms with Gasteiger partial charge in [-0.05, 0) is 24.6 Å². The number of hydrogen-bond acceptors (Lipinski definition) is 2. The second-order valence-corrected chi connectivity index (χ2v) is 3.99. The zero-order valence-electron chi connectivity index (χ0n) is 8.70. The molecule has 3 nitrogen and oxygen atoms in total. The van der Waals surface area contributed by atoms with Gasteiger partial charge in [0.25, 0.3) is 0 Å². The first-order chi connectivity index (χ1) is 7.33. The molecule has 1 aromatic carbocycles. The molecule has 0 amide bonds. The highest BCUT2D eigenvalue weighted by Gasteiger charge is 2.14. The van der Waals surface area contributed by atoms with Crippen LogP contribution in [0.4, 0.5) is 0 Å². The quantitative estimate of drug-likeness (QED) is 0.758. The Balaban J connectivity index is 2.06. The van der Waals surface area contributed by atoms with Crippen LogP contribution >= 0.6 is 0 Å². The molecule has 0 bridgehead atoms. The molecule has 1 N–H and O–H groups in total. The van der Waals surface area contributed by atoms with E-state index in [9.17, 15) is 0 Å². The van der Waals surface area contributed by atoms with E-state index >= 15 is 0 Å². The van der Waals surface area contributed by atoms with E-state index in [1.54, 1.807) is 0 Å². The van der Waals surface area contributed by atoms with Crippen molar-refractivity contribution in [3.63, 3.8) is 0 Å². The van der Waals surface area contributed by atoms with Gasteiger partial charge in [0.1, 0.15) is 0 Å². The Bertz CT molecular complexity index is 478. The summed E-state index contributed by atoms with van der Waals surface area (Å²) < 4.78 is 1.97. The van der Waals surface area contributed by atoms with Gasteiger partial charge < -0.3 is 5.32 Å². The molecule has 0 spiro atoms. The Morgan fingerprint density at radius 1 is 1.33 bits per heavy atom. The Kier molecular flexibility index (Phi) is 1.86. The lowest BCUT2D eigenvalue weighted by Gasteiger charge is -2.02. The van der Waals surface area contributed by atoms with Crippen LogP contribution in [0.25, 0.3) is 5.69 Å². The van der Waals surface area contributed by atoms with Crippen LogP contribution in [-0.4, -0.2) is 9.78 Å². The minimum atomic E-state index is 0.897. The van der Waals surface area contributed by atoms with Gasteiger partial charge in [-0.15, -0.1) is 0 Å². The molecule has 0 saturated carbocycles. The molecule has 2 heterocycles. The number of aryl methyl sites for hydroxylation is 1. The Hall–Kier alpha value is -1.61. The third-order valence-electron chi connectivity index (χ3n) is 2.75. The molecule has 0 unspecified atom stereocenters. The van der Waals surface area contributed by atoms with Crippen molar-refractivity contribution in [2.24, 2.45) is 0 Å². The van der Waals surface area contributed by atoms with Crippen LogP contribution < -0.4 is 5.32 Å². The van der Waals surface area contributed by atoms with E-state index in [-0.39, 0.29) is 0 Å². The molecule has 0 fully saturated rings. The first kappa shape index (κ1) is 8.68. The highest BCUT2D eigenvalue weighted by atomic mass is 15.3. The SMILES string of the molecule is Cc1cccc(-n2cc3c(n2)CNC3)c1. The average Bonchev–Trinajstić information content (AvgIpc) is 2.76. The van der Waals surface area contributed by atoms with Crippen LogP contribution in [-0.2, 0) is 13.1 Å². The van der Waals surface area contributed by atoms with Crippen LogP contribution in [0.2, 0.25) is 0 Å². The van der Waals surface area contributed by atoms with E-state index in [0.717, 1.165) is 18.8 Å². The van der Waals surface area contributed by atoms with E-state index in [1.165, 1.54) is 16.8 Å². The lowest BCUT2D eigenvalue weighted by atomic mass is 10.2. The smallest absolute Gasteiger partial charge is 0.0811 e. The number of hydrogen-bond donors (Lipinski definition) is 1. The molecule has 1 aliphatic rings. The fourth-order valence-corrected chi connectivity index (χ4v) is 1.96. The highest BCUT2D eigenvalue weighted by Crippen LogP contribution is 2.16. The Morgan fingerprint density at radius 2 is 2.27 bits per heavy atom. The third-order valence-corrected chi connectivity index (χ3v) is 2.75. The standard InChI is InChI=1S/C12H13N3/c1-9-3-2-4-11(5-9)15-8-10-6-13-7-12(10)14-15/h2-5,8,13H,6-7H2,1H3. The van der Waals surface area contributed by atoms with Crippen LogP contribution in [0.3, 0.4) is 0 Å². The van der Waals surface area contributed by atoms with Crippen LogP contribution in [0.5, 0.6) is 0 Å². The summed E-state index contributed by atoms with van der Waals surface area (Å²) in [4.78, 5) is 0. The summed E-state index contributed by atoms with van der Waals surface area (Å²) in [6, 6.07) is 8.40. The molecular formula is C12H13N3. The summed E-state index contributed by atoms with van der Waals surface area (Å²) in [6.45, 7) is 3.94. The van der Waals surface area contributed by atoms with Crippen molar-refractivity contribution in [3.05, 3.63) is 47.3 Å². The fraction of sp³-hybridized carbons (Fsp3) is 0.250. The minimum Gasteiger partial charge on any atom is -0.307 e. The third kappa shape index (κ3) is 1.45. The maximum Gasteiger partial charge on any atom is 0.0811 e. The minimum absolute atomic E-state index is 0.897. The van der Waals surface area contributed by atoms with E-state index in [1.807, 2.05) is 4.68 Å². The van der Waals surface area contributed by atoms with E-state index < -0.39 is 0 Å². The molecule has 76 valence electrons. The zero-order valence-corrected chi connectivity index (χ0v) is 8.70. The monoisotopic (exact) mass is 199 g/mol. The summed E-state index contributed by atoms with van der Waals surface area (Å²) in [5.74, 6) is 0. The summed E-state index contributed by atoms with van der Waals surface area (Å²) in [5, 5.41) is 7.84. The molecule has 3 rings (SSSR count). The molecule has 15 heavy (non-hydrogen) atoms. The molecule has 0 radical (unpaired) electrons. The van der Waals surface area contributed by atoms with Crippen molar-refractivity contribution in [1.29, 1.82) is 0 Å². The van der Waals surface area contributed by atoms with Gasteiger partial charge in [0.15, 0.2) is 0 Å². The number of rotatable bonds is 1. The van der Waals surface area contributed by atoms with Gasteiger partial charge in [-0.25, -0.2) is 4.68 Å². The van der Waals surface area contributed by atoms with Gasteiger partial charge in [-0.3, -0.25) is 0 Å². The molecule has 0 aliphatic carbocycles. The lowest BCUT2D eigenvalue weighted by Crippen LogP contribution is -2.05. The van der Waals surface area contributed by atoms with E-state index in [2.05, 4.69) is 47.8 Å². The van der Waals surface area contributed by atoms with Gasteiger partial charge in [0.05, 0.1) is 11.4 Å². The molecule has 2 aromatic rings. The van der Waals surface area contributed by atoms with Gasteiger partial charge in [-0.1, -0.05) is 12.1 Å². The lowest BCUT2D eigenvalue weighted by molar-refractivity contribution is 0.721. The van der Waals surface area contributed by atoms with Crippen molar-refractivity contribution in [2.75, 3.05) is 0 Å². The molecule has 3 heteroatoms. The first-order valence-electron chi connectivity index (χ1n) is 5.18. The van der Waals surface area contributed by atoms with Gasteiger partial charge in [0, 0.05) is 24.8 Å². The number of fused-ring (bicyclic) bond motifs is 1. The van der Waals surface area contributed by atoms with E-state index in [4.69, 9.17) is 0 Å². The van der Waals surface area contributed by atoms with Crippen molar-refractivity contribution >= 4 is 0 Å². The van der Waals surface area contributed by atoms with Crippen molar-refractivity contribution < 1.29 is 0 Å². The second kappa shape index (κ2) is 3.21. The molecule has 0 saturated heterocycles. The summed E-state index contributed by atoms with van der Waals surface area (Å²) >= 11 is 0. The maximum absolute atomic E-state index is 4.56. The number of benzene rings is 1. The summed E-state index contributed by atoms with van der Waals surface area (Å²) in [5.41, 5.74) is 4.90. The van der Waals surface area contributed by atoms with Crippen molar-refractivity contribution in [1.82, 2.24) is 15.1 Å². The highest BCUT2D eigenvalue weighted by molar-refractivity contribution is 5.36. The van der Waals surface area contributed by atoms with Gasteiger partial charge in [-0.2, -0.15) is 5.10 Å². The second-order valence-electron chi connectivity index (χ2n) is 3.99. The summed E-state index contributed by atoms with van der Waals surface area (Å²) in [6.07, 6.45) is 2.12. The van der Waals surface area contributed by atoms with Crippen molar-refractivity contribution in [3.8, 4) is 5.69 Å². The molecule has 0 atom stereocenters. The molecular weight excluding hydrogens is 186 g/mol. The van der Waals surface area contributed by atoms with Crippen LogP contribution in [0.15, 0.2) is 30.5 Å². The molecule has 1 aromatic heterocycles. The van der Waals surface area contributed by atoms with Crippen molar-refractivity contribution in [2.45, 2.75) is 20.0 Å². The Labute approximate surface area is 88.7 Å². The molecule has 1 aliphatic heterocycles. The van der Waals surface area contributed by atoms with E-state index in [0.29, 0.717) is 0 Å². The fourth-order valence-electron chi connectivity index (χ4n) is 1.96. The predicted molar refractivity (Wildman–Crippen MR) is 58.8 cm³/mol. The van der Waals surface area contributed by atoms with Crippen LogP contribution in [0.1, 0.15) is 16.8 Å². The summed E-state index contributed by atoms with van der Waals surface area (Å²) in [7, 11) is 0. The zero-order chi connectivity index (χ0) is 10.3. The first-order valence-corrected chi connectivity index (χ1v) is 5.18. The number of nitrogens with one attached hydrogen (secondary N) is 1. The Morgan fingerprint density at radius 3 is 3.07 bits per heavy atom. The number of nitrogens with zero attached hydrogens (tertiary/aromatic N) is 2. The largest absolute Gasteiger partial charge is 0.307 e. The number of aromatic nitrogens is 2. The average molecular weight is 199 g/mol. The van der Waals surface area contributed by atoms with Crippen LogP contribution in [0, 0.1) is 6.92 Å². The van der Waals surface area contributed by atoms with Gasteiger partial charge in [0.2, 0.25) is 0 Å². The van der Waals surface area contributed by atoms with Gasteiger partial charge >= 0.3 is 0 Å². The maximum atomic E-state index is 4.56.